The number of nitrogens with two attached hydrogens (primary N) is 1. The normalized spacial score (nSPS) is 20.5. The van der Waals surface area contributed by atoms with Crippen LogP contribution in [0.5, 0.6) is 0 Å². The molecule has 0 radical (unpaired) electrons. The van der Waals surface area contributed by atoms with Gasteiger partial charge in [-0.1, -0.05) is 12.8 Å². The third-order valence-electron chi connectivity index (χ3n) is 3.55. The summed E-state index contributed by atoms with van der Waals surface area (Å²) in [4.78, 5) is 18.5. The maximum atomic E-state index is 12.3. The highest BCUT2D eigenvalue weighted by molar-refractivity contribution is 5.78. The number of likely N-dealkylation sites (tertiary alicyclic amines) is 1. The van der Waals surface area contributed by atoms with Crippen LogP contribution in [0.2, 0.25) is 0 Å². The van der Waals surface area contributed by atoms with Crippen molar-refractivity contribution in [1.29, 1.82) is 0 Å². The second kappa shape index (κ2) is 5.85. The first-order valence-electron chi connectivity index (χ1n) is 6.66. The Balaban J connectivity index is 1.99. The fraction of sp³-hybridized carbons (Fsp3) is 0.571. The molecule has 1 fully saturated rings. The van der Waals surface area contributed by atoms with Gasteiger partial charge in [-0.15, -0.1) is 0 Å². The van der Waals surface area contributed by atoms with Gasteiger partial charge < -0.3 is 10.6 Å². The Labute approximate surface area is 108 Å². The van der Waals surface area contributed by atoms with Crippen LogP contribution in [0.15, 0.2) is 18.3 Å². The lowest BCUT2D eigenvalue weighted by Gasteiger charge is -2.27. The second-order valence-electron chi connectivity index (χ2n) is 5.05. The maximum absolute atomic E-state index is 12.3. The summed E-state index contributed by atoms with van der Waals surface area (Å²) in [6.07, 6.45) is 6.67. The van der Waals surface area contributed by atoms with Gasteiger partial charge in [-0.05, 0) is 31.9 Å². The summed E-state index contributed by atoms with van der Waals surface area (Å²) in [7, 11) is 0. The standard InChI is InChI=1S/C14H21N3O/c1-11-5-3-2-4-8-17(11)14(18)9-13-7-6-12(15)10-16-13/h6-7,10-11H,2-5,8-9,15H2,1H3. The van der Waals surface area contributed by atoms with Crippen molar-refractivity contribution in [3.05, 3.63) is 24.0 Å². The monoisotopic (exact) mass is 247 g/mol. The molecule has 1 aromatic heterocycles. The topological polar surface area (TPSA) is 59.2 Å². The molecule has 0 aromatic carbocycles. The van der Waals surface area contributed by atoms with Crippen molar-refractivity contribution in [3.63, 3.8) is 0 Å². The maximum Gasteiger partial charge on any atom is 0.228 e. The molecule has 98 valence electrons. The van der Waals surface area contributed by atoms with Crippen molar-refractivity contribution in [3.8, 4) is 0 Å². The largest absolute Gasteiger partial charge is 0.397 e. The predicted molar refractivity (Wildman–Crippen MR) is 72.0 cm³/mol. The smallest absolute Gasteiger partial charge is 0.228 e. The Morgan fingerprint density at radius 1 is 1.44 bits per heavy atom. The van der Waals surface area contributed by atoms with Gasteiger partial charge in [-0.3, -0.25) is 9.78 Å². The molecular weight excluding hydrogens is 226 g/mol. The van der Waals surface area contributed by atoms with Gasteiger partial charge in [0, 0.05) is 18.3 Å². The van der Waals surface area contributed by atoms with Crippen LogP contribution in [-0.2, 0) is 11.2 Å². The van der Waals surface area contributed by atoms with Crippen molar-refractivity contribution < 1.29 is 4.79 Å². The third-order valence-corrected chi connectivity index (χ3v) is 3.55. The molecule has 0 saturated carbocycles. The quantitative estimate of drug-likeness (QED) is 0.869. The van der Waals surface area contributed by atoms with Crippen LogP contribution >= 0.6 is 0 Å². The highest BCUT2D eigenvalue weighted by Crippen LogP contribution is 2.17. The molecule has 2 N–H and O–H groups in total. The van der Waals surface area contributed by atoms with Gasteiger partial charge in [0.25, 0.3) is 0 Å². The fourth-order valence-electron chi connectivity index (χ4n) is 2.44. The molecule has 0 spiro atoms. The van der Waals surface area contributed by atoms with E-state index < -0.39 is 0 Å². The van der Waals surface area contributed by atoms with E-state index in [-0.39, 0.29) is 5.91 Å². The van der Waals surface area contributed by atoms with Gasteiger partial charge in [-0.25, -0.2) is 0 Å². The number of nitrogens with zero attached hydrogens (tertiary/aromatic N) is 2. The lowest BCUT2D eigenvalue weighted by molar-refractivity contribution is -0.132. The van der Waals surface area contributed by atoms with E-state index in [2.05, 4.69) is 11.9 Å². The van der Waals surface area contributed by atoms with Gasteiger partial charge >= 0.3 is 0 Å². The van der Waals surface area contributed by atoms with Crippen molar-refractivity contribution in [2.75, 3.05) is 12.3 Å². The van der Waals surface area contributed by atoms with Gasteiger partial charge in [0.2, 0.25) is 5.91 Å². The molecule has 0 bridgehead atoms. The fourth-order valence-corrected chi connectivity index (χ4v) is 2.44. The Bertz CT molecular complexity index is 402. The molecule has 1 unspecified atom stereocenters. The number of amides is 1. The Hall–Kier alpha value is -1.58. The number of anilines is 1. The molecule has 1 aromatic rings. The van der Waals surface area contributed by atoms with E-state index in [4.69, 9.17) is 5.73 Å². The zero-order chi connectivity index (χ0) is 13.0. The molecule has 4 heteroatoms. The summed E-state index contributed by atoms with van der Waals surface area (Å²) in [5.41, 5.74) is 7.02. The first kappa shape index (κ1) is 12.9. The number of carbonyl (C=O) groups is 1. The first-order chi connectivity index (χ1) is 8.66. The molecular formula is C14H21N3O. The number of aromatic nitrogens is 1. The number of rotatable bonds is 2. The lowest BCUT2D eigenvalue weighted by atomic mass is 10.1. The number of nitrogen functional groups attached to an aromatic ring is 1. The molecule has 4 nitrogen and oxygen atoms in total. The number of hydrogen-bond donors (Lipinski definition) is 1. The van der Waals surface area contributed by atoms with Crippen LogP contribution < -0.4 is 5.73 Å². The minimum absolute atomic E-state index is 0.182. The van der Waals surface area contributed by atoms with Gasteiger partial charge in [0.15, 0.2) is 0 Å². The lowest BCUT2D eigenvalue weighted by Crippen LogP contribution is -2.39. The first-order valence-corrected chi connectivity index (χ1v) is 6.66. The Morgan fingerprint density at radius 2 is 2.28 bits per heavy atom. The minimum atomic E-state index is 0.182. The molecule has 1 amide bonds. The summed E-state index contributed by atoms with van der Waals surface area (Å²) >= 11 is 0. The summed E-state index contributed by atoms with van der Waals surface area (Å²) in [6.45, 7) is 3.02. The zero-order valence-corrected chi connectivity index (χ0v) is 10.9. The van der Waals surface area contributed by atoms with Crippen molar-refractivity contribution in [1.82, 2.24) is 9.88 Å². The van der Waals surface area contributed by atoms with E-state index in [0.29, 0.717) is 18.2 Å². The average molecular weight is 247 g/mol. The van der Waals surface area contributed by atoms with Gasteiger partial charge in [0.1, 0.15) is 0 Å². The van der Waals surface area contributed by atoms with Crippen molar-refractivity contribution in [2.24, 2.45) is 0 Å². The summed E-state index contributed by atoms with van der Waals surface area (Å²) in [5, 5.41) is 0. The predicted octanol–water partition coefficient (Wildman–Crippen LogP) is 2.00. The van der Waals surface area contributed by atoms with Crippen LogP contribution in [0.4, 0.5) is 5.69 Å². The molecule has 2 rings (SSSR count). The minimum Gasteiger partial charge on any atom is -0.397 e. The van der Waals surface area contributed by atoms with Crippen LogP contribution in [-0.4, -0.2) is 28.4 Å². The molecule has 1 aliphatic rings. The van der Waals surface area contributed by atoms with Gasteiger partial charge in [0.05, 0.1) is 18.3 Å². The molecule has 1 aliphatic heterocycles. The average Bonchev–Trinajstić information content (AvgIpc) is 2.57. The van der Waals surface area contributed by atoms with E-state index in [1.165, 1.54) is 12.8 Å². The van der Waals surface area contributed by atoms with E-state index >= 15 is 0 Å². The van der Waals surface area contributed by atoms with Crippen LogP contribution in [0.3, 0.4) is 0 Å². The zero-order valence-electron chi connectivity index (χ0n) is 10.9. The third kappa shape index (κ3) is 3.22. The van der Waals surface area contributed by atoms with Crippen molar-refractivity contribution >= 4 is 11.6 Å². The van der Waals surface area contributed by atoms with Gasteiger partial charge in [-0.2, -0.15) is 0 Å². The SMILES string of the molecule is CC1CCCCCN1C(=O)Cc1ccc(N)cn1. The molecule has 18 heavy (non-hydrogen) atoms. The summed E-state index contributed by atoms with van der Waals surface area (Å²) < 4.78 is 0. The summed E-state index contributed by atoms with van der Waals surface area (Å²) in [6, 6.07) is 3.98. The number of pyridine rings is 1. The van der Waals surface area contributed by atoms with E-state index in [1.807, 2.05) is 11.0 Å². The molecule has 2 heterocycles. The number of carbonyl (C=O) groups excluding carboxylic acids is 1. The van der Waals surface area contributed by atoms with Crippen LogP contribution in [0.25, 0.3) is 0 Å². The van der Waals surface area contributed by atoms with E-state index in [9.17, 15) is 4.79 Å². The van der Waals surface area contributed by atoms with E-state index in [1.54, 1.807) is 12.3 Å². The van der Waals surface area contributed by atoms with Crippen molar-refractivity contribution in [2.45, 2.75) is 45.1 Å². The highest BCUT2D eigenvalue weighted by atomic mass is 16.2. The Morgan fingerprint density at radius 3 is 3.00 bits per heavy atom. The summed E-state index contributed by atoms with van der Waals surface area (Å²) in [5.74, 6) is 0.182. The highest BCUT2D eigenvalue weighted by Gasteiger charge is 2.22. The molecule has 1 atom stereocenters. The van der Waals surface area contributed by atoms with E-state index in [0.717, 1.165) is 25.1 Å². The molecule has 1 saturated heterocycles. The van der Waals surface area contributed by atoms with Crippen LogP contribution in [0.1, 0.15) is 38.3 Å². The second-order valence-corrected chi connectivity index (χ2v) is 5.05. The molecule has 0 aliphatic carbocycles. The van der Waals surface area contributed by atoms with Crippen LogP contribution in [0, 0.1) is 0 Å². The number of hydrogen-bond acceptors (Lipinski definition) is 3. The Kier molecular flexibility index (Phi) is 4.18.